The summed E-state index contributed by atoms with van der Waals surface area (Å²) < 4.78 is 37.3. The average molecular weight is 395 g/mol. The van der Waals surface area contributed by atoms with Crippen LogP contribution in [0.1, 0.15) is 45.1 Å². The van der Waals surface area contributed by atoms with Gasteiger partial charge in [0.25, 0.3) is 0 Å². The second kappa shape index (κ2) is 9.44. The summed E-state index contributed by atoms with van der Waals surface area (Å²) >= 11 is 0. The number of H-pyrrole nitrogens is 1. The lowest BCUT2D eigenvalue weighted by atomic mass is 10.1. The molecule has 2 rings (SSSR count). The van der Waals surface area contributed by atoms with E-state index in [1.807, 2.05) is 6.92 Å². The van der Waals surface area contributed by atoms with Crippen LogP contribution >= 0.6 is 0 Å². The monoisotopic (exact) mass is 395 g/mol. The summed E-state index contributed by atoms with van der Waals surface area (Å²) in [4.78, 5) is 20.8. The van der Waals surface area contributed by atoms with E-state index in [9.17, 15) is 23.2 Å². The first-order valence-electron chi connectivity index (χ1n) is 9.26. The van der Waals surface area contributed by atoms with Crippen molar-refractivity contribution in [1.82, 2.24) is 14.9 Å². The summed E-state index contributed by atoms with van der Waals surface area (Å²) in [7, 11) is 0. The van der Waals surface area contributed by atoms with Crippen molar-refractivity contribution in [2.45, 2.75) is 51.7 Å². The van der Waals surface area contributed by atoms with Crippen LogP contribution in [0.5, 0.6) is 0 Å². The first-order chi connectivity index (χ1) is 13.3. The van der Waals surface area contributed by atoms with E-state index < -0.39 is 24.9 Å². The highest BCUT2D eigenvalue weighted by Gasteiger charge is 2.29. The van der Waals surface area contributed by atoms with Gasteiger partial charge in [-0.05, 0) is 19.4 Å². The van der Waals surface area contributed by atoms with Crippen molar-refractivity contribution >= 4 is 22.6 Å². The molecule has 9 heteroatoms. The van der Waals surface area contributed by atoms with Gasteiger partial charge in [0.05, 0.1) is 17.7 Å². The molecule has 0 aliphatic heterocycles. The van der Waals surface area contributed by atoms with Gasteiger partial charge in [0.2, 0.25) is 5.91 Å². The molecule has 1 atom stereocenters. The number of alkyl halides is 3. The van der Waals surface area contributed by atoms with Gasteiger partial charge < -0.3 is 15.2 Å². The number of aromatic amines is 1. The summed E-state index contributed by atoms with van der Waals surface area (Å²) in [5.41, 5.74) is 1.62. The molecule has 0 aromatic carbocycles. The minimum atomic E-state index is -4.35. The summed E-state index contributed by atoms with van der Waals surface area (Å²) in [6, 6.07) is 3.71. The quantitative estimate of drug-likeness (QED) is 0.666. The number of pyridine rings is 1. The maximum absolute atomic E-state index is 12.4. The predicted octanol–water partition coefficient (Wildman–Crippen LogP) is 4.21. The van der Waals surface area contributed by atoms with Gasteiger partial charge in [0.15, 0.2) is 0 Å². The van der Waals surface area contributed by atoms with Crippen molar-refractivity contribution < 1.29 is 18.0 Å². The van der Waals surface area contributed by atoms with Crippen LogP contribution in [-0.2, 0) is 4.79 Å². The van der Waals surface area contributed by atoms with Crippen molar-refractivity contribution in [3.8, 4) is 6.07 Å². The summed E-state index contributed by atoms with van der Waals surface area (Å²) in [6.45, 7) is 4.31. The Morgan fingerprint density at radius 3 is 2.79 bits per heavy atom. The molecule has 6 nitrogen and oxygen atoms in total. The third-order valence-electron chi connectivity index (χ3n) is 4.49. The molecule has 28 heavy (non-hydrogen) atoms. The number of aromatic nitrogens is 2. The molecule has 0 aliphatic rings. The largest absolute Gasteiger partial charge is 0.389 e. The number of nitriles is 1. The number of hydrogen-bond donors (Lipinski definition) is 2. The van der Waals surface area contributed by atoms with E-state index in [1.54, 1.807) is 19.2 Å². The molecule has 152 valence electrons. The smallest absolute Gasteiger partial charge is 0.379 e. The van der Waals surface area contributed by atoms with Crippen LogP contribution in [0.2, 0.25) is 0 Å². The normalized spacial score (nSPS) is 12.6. The van der Waals surface area contributed by atoms with Gasteiger partial charge in [-0.25, -0.2) is 4.98 Å². The van der Waals surface area contributed by atoms with Gasteiger partial charge in [-0.15, -0.1) is 0 Å². The summed E-state index contributed by atoms with van der Waals surface area (Å²) in [5, 5.41) is 13.5. The van der Waals surface area contributed by atoms with Crippen molar-refractivity contribution in [2.75, 3.05) is 18.4 Å². The van der Waals surface area contributed by atoms with Gasteiger partial charge >= 0.3 is 6.18 Å². The Hall–Kier alpha value is -2.76. The molecule has 2 aromatic rings. The standard InChI is InChI=1S/C19H24F3N5O/c1-3-5-14(12-27(4-2)16(28)6-8-19(20,21)22)26-17-13(10-23)11-25-18-15(17)7-9-24-18/h7,9,11,14H,3-6,8,12H2,1-2H3,(H2,24,25,26)/t14-/m1/s1. The van der Waals surface area contributed by atoms with E-state index in [4.69, 9.17) is 0 Å². The van der Waals surface area contributed by atoms with E-state index in [0.29, 0.717) is 29.9 Å². The zero-order valence-corrected chi connectivity index (χ0v) is 15.9. The fraction of sp³-hybridized carbons (Fsp3) is 0.526. The topological polar surface area (TPSA) is 84.8 Å². The third kappa shape index (κ3) is 5.62. The molecule has 0 saturated heterocycles. The predicted molar refractivity (Wildman–Crippen MR) is 101 cm³/mol. The molecule has 0 saturated carbocycles. The van der Waals surface area contributed by atoms with Crippen molar-refractivity contribution in [2.24, 2.45) is 0 Å². The van der Waals surface area contributed by atoms with Crippen LogP contribution in [0.15, 0.2) is 18.5 Å². The Morgan fingerprint density at radius 2 is 2.18 bits per heavy atom. The van der Waals surface area contributed by atoms with Crippen molar-refractivity contribution in [1.29, 1.82) is 5.26 Å². The number of nitrogens with zero attached hydrogens (tertiary/aromatic N) is 3. The van der Waals surface area contributed by atoms with Crippen LogP contribution in [0.25, 0.3) is 11.0 Å². The van der Waals surface area contributed by atoms with Gasteiger partial charge in [-0.3, -0.25) is 4.79 Å². The van der Waals surface area contributed by atoms with Crippen LogP contribution in [0.4, 0.5) is 18.9 Å². The van der Waals surface area contributed by atoms with E-state index >= 15 is 0 Å². The van der Waals surface area contributed by atoms with Crippen LogP contribution in [0, 0.1) is 11.3 Å². The Bertz CT molecular complexity index is 840. The highest BCUT2D eigenvalue weighted by Crippen LogP contribution is 2.27. The number of anilines is 1. The fourth-order valence-electron chi connectivity index (χ4n) is 3.09. The van der Waals surface area contributed by atoms with Crippen LogP contribution < -0.4 is 5.32 Å². The molecule has 0 fully saturated rings. The molecule has 0 radical (unpaired) electrons. The second-order valence-electron chi connectivity index (χ2n) is 6.58. The number of nitrogens with one attached hydrogen (secondary N) is 2. The molecule has 2 N–H and O–H groups in total. The van der Waals surface area contributed by atoms with Gasteiger partial charge in [-0.2, -0.15) is 18.4 Å². The highest BCUT2D eigenvalue weighted by molar-refractivity contribution is 5.92. The molecule has 0 bridgehead atoms. The molecule has 0 unspecified atom stereocenters. The maximum atomic E-state index is 12.4. The molecular weight excluding hydrogens is 371 g/mol. The van der Waals surface area contributed by atoms with E-state index in [2.05, 4.69) is 21.4 Å². The molecule has 0 spiro atoms. The average Bonchev–Trinajstić information content (AvgIpc) is 3.13. The lowest BCUT2D eigenvalue weighted by Crippen LogP contribution is -2.40. The number of carbonyl (C=O) groups excluding carboxylic acids is 1. The van der Waals surface area contributed by atoms with Crippen molar-refractivity contribution in [3.63, 3.8) is 0 Å². The molecule has 2 aromatic heterocycles. The fourth-order valence-corrected chi connectivity index (χ4v) is 3.09. The Balaban J connectivity index is 2.18. The van der Waals surface area contributed by atoms with Crippen LogP contribution in [0.3, 0.4) is 0 Å². The maximum Gasteiger partial charge on any atom is 0.389 e. The second-order valence-corrected chi connectivity index (χ2v) is 6.58. The number of amides is 1. The number of hydrogen-bond acceptors (Lipinski definition) is 4. The van der Waals surface area contributed by atoms with Gasteiger partial charge in [-0.1, -0.05) is 13.3 Å². The first-order valence-corrected chi connectivity index (χ1v) is 9.26. The summed E-state index contributed by atoms with van der Waals surface area (Å²) in [5.74, 6) is -0.523. The van der Waals surface area contributed by atoms with E-state index in [-0.39, 0.29) is 12.6 Å². The first kappa shape index (κ1) is 21.5. The van der Waals surface area contributed by atoms with Crippen molar-refractivity contribution in [3.05, 3.63) is 24.0 Å². The summed E-state index contributed by atoms with van der Waals surface area (Å²) in [6.07, 6.45) is -1.34. The van der Waals surface area contributed by atoms with Gasteiger partial charge in [0.1, 0.15) is 11.7 Å². The number of carbonyl (C=O) groups is 1. The SMILES string of the molecule is CCC[C@H](CN(CC)C(=O)CCC(F)(F)F)Nc1c(C#N)cnc2[nH]ccc12. The highest BCUT2D eigenvalue weighted by atomic mass is 19.4. The Kier molecular flexibility index (Phi) is 7.26. The number of halogens is 3. The lowest BCUT2D eigenvalue weighted by molar-refractivity contribution is -0.149. The zero-order valence-electron chi connectivity index (χ0n) is 15.9. The van der Waals surface area contributed by atoms with Crippen LogP contribution in [-0.4, -0.2) is 46.1 Å². The molecular formula is C19H24F3N5O. The van der Waals surface area contributed by atoms with E-state index in [1.165, 1.54) is 11.1 Å². The number of rotatable bonds is 9. The molecule has 0 aliphatic carbocycles. The number of fused-ring (bicyclic) bond motifs is 1. The minimum Gasteiger partial charge on any atom is -0.379 e. The molecule has 2 heterocycles. The van der Waals surface area contributed by atoms with Gasteiger partial charge in [0, 0.05) is 43.3 Å². The number of likely N-dealkylation sites (N-methyl/N-ethyl adjacent to an activating group) is 1. The van der Waals surface area contributed by atoms with E-state index in [0.717, 1.165) is 11.8 Å². The third-order valence-corrected chi connectivity index (χ3v) is 4.49. The Labute approximate surface area is 161 Å². The zero-order chi connectivity index (χ0) is 20.7. The minimum absolute atomic E-state index is 0.201. The Morgan fingerprint density at radius 1 is 1.43 bits per heavy atom. The lowest BCUT2D eigenvalue weighted by Gasteiger charge is -2.28. The molecule has 1 amide bonds.